The van der Waals surface area contributed by atoms with Crippen LogP contribution in [0.25, 0.3) is 16.6 Å². The summed E-state index contributed by atoms with van der Waals surface area (Å²) in [5.74, 6) is 0.606. The molecule has 228 valence electrons. The molecule has 5 rings (SSSR count). The highest BCUT2D eigenvalue weighted by Crippen LogP contribution is 2.30. The van der Waals surface area contributed by atoms with Gasteiger partial charge in [-0.15, -0.1) is 12.4 Å². The van der Waals surface area contributed by atoms with Crippen molar-refractivity contribution in [3.05, 3.63) is 130 Å². The van der Waals surface area contributed by atoms with E-state index in [-0.39, 0.29) is 36.8 Å². The second kappa shape index (κ2) is 13.7. The zero-order valence-electron chi connectivity index (χ0n) is 24.0. The quantitative estimate of drug-likeness (QED) is 0.178. The van der Waals surface area contributed by atoms with Gasteiger partial charge in [0.05, 0.1) is 53.5 Å². The first-order chi connectivity index (χ1) is 20.7. The maximum atomic E-state index is 13.9. The van der Waals surface area contributed by atoms with Gasteiger partial charge in [-0.2, -0.15) is 13.2 Å². The van der Waals surface area contributed by atoms with Gasteiger partial charge in [0.1, 0.15) is 11.6 Å². The van der Waals surface area contributed by atoms with Crippen molar-refractivity contribution in [3.63, 3.8) is 0 Å². The summed E-state index contributed by atoms with van der Waals surface area (Å²) in [5.41, 5.74) is 0.954. The molecule has 0 saturated carbocycles. The van der Waals surface area contributed by atoms with Crippen molar-refractivity contribution in [2.45, 2.75) is 39.0 Å². The van der Waals surface area contributed by atoms with Crippen LogP contribution >= 0.6 is 12.4 Å². The van der Waals surface area contributed by atoms with E-state index in [1.54, 1.807) is 84.8 Å². The molecule has 0 N–H and O–H groups in total. The highest BCUT2D eigenvalue weighted by atomic mass is 35.5. The number of rotatable bonds is 9. The minimum absolute atomic E-state index is 0. The predicted octanol–water partition coefficient (Wildman–Crippen LogP) is 6.95. The first-order valence-electron chi connectivity index (χ1n) is 13.8. The van der Waals surface area contributed by atoms with E-state index in [0.717, 1.165) is 12.1 Å². The van der Waals surface area contributed by atoms with E-state index in [9.17, 15) is 22.8 Å². The number of carbonyl (C=O) groups excluding carboxylic acids is 1. The first kappa shape index (κ1) is 32.2. The number of hydrogen-bond donors (Lipinski definition) is 0. The van der Waals surface area contributed by atoms with Crippen LogP contribution in [0.4, 0.5) is 13.2 Å². The fourth-order valence-electron chi connectivity index (χ4n) is 4.87. The predicted molar refractivity (Wildman–Crippen MR) is 164 cm³/mol. The Labute approximate surface area is 258 Å². The molecule has 0 aliphatic heterocycles. The largest absolute Gasteiger partial charge is 0.494 e. The Kier molecular flexibility index (Phi) is 10.1. The Morgan fingerprint density at radius 3 is 2.27 bits per heavy atom. The standard InChI is InChI=1S/C33H29F3N4O3.ClH/c1-3-43-27-17-15-26(16-18-27)40-31(38-29-10-5-4-9-28(29)32(40)42)22(2)39(21-25-8-6-7-19-37-25)30(41)20-23-11-13-24(14-12-23)33(34,35)36;/h4-19,22H,3,20-21H2,1-2H3;1H. The molecule has 2 heterocycles. The van der Waals surface area contributed by atoms with Crippen molar-refractivity contribution in [1.82, 2.24) is 19.4 Å². The van der Waals surface area contributed by atoms with Gasteiger partial charge in [-0.05, 0) is 80.1 Å². The number of amides is 1. The molecule has 1 unspecified atom stereocenters. The van der Waals surface area contributed by atoms with Crippen LogP contribution in [0, 0.1) is 0 Å². The topological polar surface area (TPSA) is 77.3 Å². The Hall–Kier alpha value is -4.70. The number of hydrogen-bond acceptors (Lipinski definition) is 5. The van der Waals surface area contributed by atoms with Crippen LogP contribution in [0.2, 0.25) is 0 Å². The van der Waals surface area contributed by atoms with Crippen LogP contribution < -0.4 is 10.3 Å². The number of para-hydroxylation sites is 1. The molecule has 0 aliphatic rings. The lowest BCUT2D eigenvalue weighted by Gasteiger charge is -2.30. The average molecular weight is 623 g/mol. The summed E-state index contributed by atoms with van der Waals surface area (Å²) in [7, 11) is 0. The number of halogens is 4. The number of carbonyl (C=O) groups is 1. The number of benzene rings is 3. The number of ether oxygens (including phenoxy) is 1. The Morgan fingerprint density at radius 1 is 0.955 bits per heavy atom. The SMILES string of the molecule is CCOc1ccc(-n2c(C(C)N(Cc3ccccn3)C(=O)Cc3ccc(C(F)(F)F)cc3)nc3ccccc3c2=O)cc1.Cl. The summed E-state index contributed by atoms with van der Waals surface area (Å²) < 4.78 is 46.4. The highest BCUT2D eigenvalue weighted by molar-refractivity contribution is 5.85. The molecule has 44 heavy (non-hydrogen) atoms. The fourth-order valence-corrected chi connectivity index (χ4v) is 4.87. The van der Waals surface area contributed by atoms with Crippen LogP contribution in [0.3, 0.4) is 0 Å². The van der Waals surface area contributed by atoms with E-state index >= 15 is 0 Å². The molecular formula is C33H30ClF3N4O3. The van der Waals surface area contributed by atoms with Gasteiger partial charge in [0, 0.05) is 6.20 Å². The lowest BCUT2D eigenvalue weighted by molar-refractivity contribution is -0.137. The second-order valence-electron chi connectivity index (χ2n) is 9.94. The molecule has 11 heteroatoms. The van der Waals surface area contributed by atoms with Gasteiger partial charge in [-0.1, -0.05) is 30.3 Å². The van der Waals surface area contributed by atoms with Crippen molar-refractivity contribution in [3.8, 4) is 11.4 Å². The van der Waals surface area contributed by atoms with Crippen molar-refractivity contribution in [2.75, 3.05) is 6.61 Å². The highest BCUT2D eigenvalue weighted by Gasteiger charge is 2.31. The van der Waals surface area contributed by atoms with E-state index in [0.29, 0.717) is 46.0 Å². The Bertz CT molecular complexity index is 1780. The molecule has 0 radical (unpaired) electrons. The normalized spacial score (nSPS) is 11.9. The fraction of sp³-hybridized carbons (Fsp3) is 0.212. The smallest absolute Gasteiger partial charge is 0.416 e. The maximum Gasteiger partial charge on any atom is 0.416 e. The Morgan fingerprint density at radius 2 is 1.64 bits per heavy atom. The lowest BCUT2D eigenvalue weighted by Crippen LogP contribution is -2.38. The molecule has 0 saturated heterocycles. The monoisotopic (exact) mass is 622 g/mol. The summed E-state index contributed by atoms with van der Waals surface area (Å²) in [6.07, 6.45) is -3.02. The van der Waals surface area contributed by atoms with E-state index in [1.165, 1.54) is 16.7 Å². The van der Waals surface area contributed by atoms with Gasteiger partial charge in [0.15, 0.2) is 0 Å². The van der Waals surface area contributed by atoms with Gasteiger partial charge in [0.2, 0.25) is 5.91 Å². The van der Waals surface area contributed by atoms with Crippen molar-refractivity contribution in [2.24, 2.45) is 0 Å². The van der Waals surface area contributed by atoms with Crippen LogP contribution in [0.15, 0.2) is 102 Å². The Balaban J connectivity index is 0.00000442. The van der Waals surface area contributed by atoms with E-state index in [1.807, 2.05) is 6.92 Å². The third kappa shape index (κ3) is 7.08. The lowest BCUT2D eigenvalue weighted by atomic mass is 10.1. The second-order valence-corrected chi connectivity index (χ2v) is 9.94. The van der Waals surface area contributed by atoms with Gasteiger partial charge in [-0.25, -0.2) is 4.98 Å². The minimum Gasteiger partial charge on any atom is -0.494 e. The summed E-state index contributed by atoms with van der Waals surface area (Å²) in [5, 5.41) is 0.416. The van der Waals surface area contributed by atoms with Gasteiger partial charge >= 0.3 is 6.18 Å². The molecular weight excluding hydrogens is 593 g/mol. The van der Waals surface area contributed by atoms with Crippen LogP contribution in [-0.2, 0) is 23.9 Å². The zero-order chi connectivity index (χ0) is 30.6. The summed E-state index contributed by atoms with van der Waals surface area (Å²) >= 11 is 0. The number of pyridine rings is 1. The minimum atomic E-state index is -4.48. The summed E-state index contributed by atoms with van der Waals surface area (Å²) in [6.45, 7) is 4.23. The summed E-state index contributed by atoms with van der Waals surface area (Å²) in [4.78, 5) is 38.5. The third-order valence-electron chi connectivity index (χ3n) is 7.06. The van der Waals surface area contributed by atoms with Crippen molar-refractivity contribution < 1.29 is 22.7 Å². The molecule has 0 bridgehead atoms. The molecule has 0 fully saturated rings. The van der Waals surface area contributed by atoms with Crippen LogP contribution in [-0.4, -0.2) is 31.9 Å². The van der Waals surface area contributed by atoms with E-state index in [2.05, 4.69) is 4.98 Å². The first-order valence-corrected chi connectivity index (χ1v) is 13.8. The van der Waals surface area contributed by atoms with Gasteiger partial charge in [-0.3, -0.25) is 19.1 Å². The third-order valence-corrected chi connectivity index (χ3v) is 7.06. The van der Waals surface area contributed by atoms with Crippen LogP contribution in [0.1, 0.15) is 42.5 Å². The number of nitrogens with zero attached hydrogens (tertiary/aromatic N) is 4. The van der Waals surface area contributed by atoms with Crippen molar-refractivity contribution >= 4 is 29.2 Å². The number of alkyl halides is 3. The number of aromatic nitrogens is 3. The zero-order valence-corrected chi connectivity index (χ0v) is 24.8. The molecule has 0 spiro atoms. The summed E-state index contributed by atoms with van der Waals surface area (Å²) in [6, 6.07) is 23.1. The van der Waals surface area contributed by atoms with E-state index in [4.69, 9.17) is 9.72 Å². The molecule has 5 aromatic rings. The molecule has 2 aromatic heterocycles. The molecule has 1 amide bonds. The van der Waals surface area contributed by atoms with Gasteiger partial charge < -0.3 is 9.64 Å². The molecule has 0 aliphatic carbocycles. The van der Waals surface area contributed by atoms with Crippen LogP contribution in [0.5, 0.6) is 5.75 Å². The maximum absolute atomic E-state index is 13.9. The number of fused-ring (bicyclic) bond motifs is 1. The molecule has 3 aromatic carbocycles. The van der Waals surface area contributed by atoms with E-state index < -0.39 is 17.8 Å². The molecule has 7 nitrogen and oxygen atoms in total. The van der Waals surface area contributed by atoms with Gasteiger partial charge in [0.25, 0.3) is 5.56 Å². The average Bonchev–Trinajstić information content (AvgIpc) is 3.00. The molecule has 1 atom stereocenters. The van der Waals surface area contributed by atoms with Crippen molar-refractivity contribution in [1.29, 1.82) is 0 Å².